The number of carbonyl (C=O) groups excluding carboxylic acids is 2. The van der Waals surface area contributed by atoms with Crippen LogP contribution in [-0.4, -0.2) is 59.4 Å². The monoisotopic (exact) mass is 421 g/mol. The molecule has 26 heavy (non-hydrogen) atoms. The van der Waals surface area contributed by atoms with Gasteiger partial charge in [0.15, 0.2) is 0 Å². The van der Waals surface area contributed by atoms with Crippen molar-refractivity contribution in [2.45, 2.75) is 57.7 Å². The van der Waals surface area contributed by atoms with Crippen molar-refractivity contribution in [1.29, 1.82) is 0 Å². The number of carbonyl (C=O) groups is 2. The molecule has 0 saturated carbocycles. The molecule has 2 aliphatic rings. The predicted molar refractivity (Wildman–Crippen MR) is 106 cm³/mol. The van der Waals surface area contributed by atoms with Gasteiger partial charge in [0.2, 0.25) is 5.91 Å². The largest absolute Gasteiger partial charge is 0.351 e. The van der Waals surface area contributed by atoms with Gasteiger partial charge in [-0.05, 0) is 63.8 Å². The van der Waals surface area contributed by atoms with Gasteiger partial charge < -0.3 is 15.1 Å². The highest BCUT2D eigenvalue weighted by atomic mass is 79.9. The third-order valence-electron chi connectivity index (χ3n) is 5.51. The minimum Gasteiger partial charge on any atom is -0.351 e. The van der Waals surface area contributed by atoms with Crippen molar-refractivity contribution >= 4 is 27.7 Å². The molecule has 0 spiro atoms. The summed E-state index contributed by atoms with van der Waals surface area (Å²) in [5, 5.41) is 3.20. The third-order valence-corrected chi connectivity index (χ3v) is 6.04. The van der Waals surface area contributed by atoms with Crippen LogP contribution in [0, 0.1) is 0 Å². The molecule has 6 heteroatoms. The standard InChI is InChI=1S/C20H28BrN3O2/c1-14(2)23-12-9-17(10-13-23)22-19(25)18-4-3-11-24(18)20(26)15-5-7-16(21)8-6-15/h5-8,14,17-18H,3-4,9-13H2,1-2H3,(H,22,25). The first-order chi connectivity index (χ1) is 12.5. The Balaban J connectivity index is 1.58. The van der Waals surface area contributed by atoms with Gasteiger partial charge in [0.05, 0.1) is 0 Å². The van der Waals surface area contributed by atoms with Crippen LogP contribution in [0.4, 0.5) is 0 Å². The van der Waals surface area contributed by atoms with Crippen LogP contribution in [0.25, 0.3) is 0 Å². The molecule has 0 radical (unpaired) electrons. The molecule has 2 aliphatic heterocycles. The van der Waals surface area contributed by atoms with Crippen LogP contribution in [0.3, 0.4) is 0 Å². The Morgan fingerprint density at radius 1 is 1.08 bits per heavy atom. The molecule has 5 nitrogen and oxygen atoms in total. The third kappa shape index (κ3) is 4.46. The van der Waals surface area contributed by atoms with E-state index in [2.05, 4.69) is 40.0 Å². The second kappa shape index (κ2) is 8.53. The Morgan fingerprint density at radius 2 is 1.73 bits per heavy atom. The van der Waals surface area contributed by atoms with Crippen molar-refractivity contribution < 1.29 is 9.59 Å². The quantitative estimate of drug-likeness (QED) is 0.812. The predicted octanol–water partition coefficient (Wildman–Crippen LogP) is 3.04. The summed E-state index contributed by atoms with van der Waals surface area (Å²) in [4.78, 5) is 29.8. The summed E-state index contributed by atoms with van der Waals surface area (Å²) in [7, 11) is 0. The maximum Gasteiger partial charge on any atom is 0.254 e. The molecule has 2 saturated heterocycles. The van der Waals surface area contributed by atoms with Gasteiger partial charge in [-0.2, -0.15) is 0 Å². The van der Waals surface area contributed by atoms with Crippen molar-refractivity contribution in [3.8, 4) is 0 Å². The van der Waals surface area contributed by atoms with Crippen LogP contribution in [0.1, 0.15) is 49.9 Å². The van der Waals surface area contributed by atoms with E-state index >= 15 is 0 Å². The highest BCUT2D eigenvalue weighted by molar-refractivity contribution is 9.10. The number of likely N-dealkylation sites (tertiary alicyclic amines) is 2. The van der Waals surface area contributed by atoms with E-state index in [1.165, 1.54) is 0 Å². The van der Waals surface area contributed by atoms with Crippen LogP contribution < -0.4 is 5.32 Å². The Labute approximate surface area is 164 Å². The second-order valence-corrected chi connectivity index (χ2v) is 8.49. The molecule has 1 aromatic rings. The average Bonchev–Trinajstić information content (AvgIpc) is 3.12. The number of nitrogens with one attached hydrogen (secondary N) is 1. The van der Waals surface area contributed by atoms with E-state index in [4.69, 9.17) is 0 Å². The van der Waals surface area contributed by atoms with Gasteiger partial charge in [0, 0.05) is 41.8 Å². The Kier molecular flexibility index (Phi) is 6.35. The highest BCUT2D eigenvalue weighted by Crippen LogP contribution is 2.22. The minimum atomic E-state index is -0.339. The van der Waals surface area contributed by atoms with Crippen LogP contribution in [0.15, 0.2) is 28.7 Å². The van der Waals surface area contributed by atoms with Crippen molar-refractivity contribution in [3.63, 3.8) is 0 Å². The van der Waals surface area contributed by atoms with E-state index in [9.17, 15) is 9.59 Å². The van der Waals surface area contributed by atoms with Gasteiger partial charge in [-0.15, -0.1) is 0 Å². The molecule has 0 bridgehead atoms. The first kappa shape index (κ1) is 19.4. The topological polar surface area (TPSA) is 52.7 Å². The number of halogens is 1. The van der Waals surface area contributed by atoms with Crippen molar-refractivity contribution in [3.05, 3.63) is 34.3 Å². The maximum atomic E-state index is 12.8. The zero-order chi connectivity index (χ0) is 18.7. The summed E-state index contributed by atoms with van der Waals surface area (Å²) in [6.07, 6.45) is 3.60. The maximum absolute atomic E-state index is 12.8. The number of hydrogen-bond acceptors (Lipinski definition) is 3. The smallest absolute Gasteiger partial charge is 0.254 e. The summed E-state index contributed by atoms with van der Waals surface area (Å²) in [5.74, 6) is -0.0410. The number of amides is 2. The van der Waals surface area contributed by atoms with E-state index < -0.39 is 0 Å². The zero-order valence-corrected chi connectivity index (χ0v) is 17.2. The molecule has 142 valence electrons. The highest BCUT2D eigenvalue weighted by Gasteiger charge is 2.35. The summed E-state index contributed by atoms with van der Waals surface area (Å²) in [6.45, 7) is 7.12. The molecule has 2 fully saturated rings. The normalized spacial score (nSPS) is 22.0. The lowest BCUT2D eigenvalue weighted by molar-refractivity contribution is -0.125. The van der Waals surface area contributed by atoms with Gasteiger partial charge in [-0.25, -0.2) is 0 Å². The minimum absolute atomic E-state index is 0.0101. The summed E-state index contributed by atoms with van der Waals surface area (Å²) < 4.78 is 0.942. The molecule has 1 unspecified atom stereocenters. The van der Waals surface area contributed by atoms with Crippen LogP contribution in [0.5, 0.6) is 0 Å². The molecule has 1 N–H and O–H groups in total. The molecule has 2 amide bonds. The first-order valence-corrected chi connectivity index (χ1v) is 10.4. The van der Waals surface area contributed by atoms with Crippen LogP contribution in [-0.2, 0) is 4.79 Å². The van der Waals surface area contributed by atoms with Gasteiger partial charge in [-0.3, -0.25) is 9.59 Å². The Bertz CT molecular complexity index is 639. The van der Waals surface area contributed by atoms with Crippen molar-refractivity contribution in [2.75, 3.05) is 19.6 Å². The number of hydrogen-bond donors (Lipinski definition) is 1. The average molecular weight is 422 g/mol. The molecule has 2 heterocycles. The number of rotatable bonds is 4. The van der Waals surface area contributed by atoms with Gasteiger partial charge >= 0.3 is 0 Å². The molecule has 3 rings (SSSR count). The zero-order valence-electron chi connectivity index (χ0n) is 15.6. The molecule has 0 aromatic heterocycles. The van der Waals surface area contributed by atoms with E-state index in [-0.39, 0.29) is 23.9 Å². The first-order valence-electron chi connectivity index (χ1n) is 9.56. The van der Waals surface area contributed by atoms with Crippen molar-refractivity contribution in [2.24, 2.45) is 0 Å². The molecular formula is C20H28BrN3O2. The summed E-state index contributed by atoms with van der Waals surface area (Å²) in [6, 6.07) is 7.78. The van der Waals surface area contributed by atoms with Gasteiger partial charge in [0.25, 0.3) is 5.91 Å². The molecular weight excluding hydrogens is 394 g/mol. The molecule has 1 atom stereocenters. The van der Waals surface area contributed by atoms with E-state index in [1.807, 2.05) is 12.1 Å². The summed E-state index contributed by atoms with van der Waals surface area (Å²) >= 11 is 3.39. The summed E-state index contributed by atoms with van der Waals surface area (Å²) in [5.41, 5.74) is 0.637. The lowest BCUT2D eigenvalue weighted by Crippen LogP contribution is -2.52. The lowest BCUT2D eigenvalue weighted by Gasteiger charge is -2.35. The second-order valence-electron chi connectivity index (χ2n) is 7.58. The van der Waals surface area contributed by atoms with Crippen LogP contribution in [0.2, 0.25) is 0 Å². The number of nitrogens with zero attached hydrogens (tertiary/aromatic N) is 2. The SMILES string of the molecule is CC(C)N1CCC(NC(=O)C2CCCN2C(=O)c2ccc(Br)cc2)CC1. The number of benzene rings is 1. The van der Waals surface area contributed by atoms with E-state index in [1.54, 1.807) is 17.0 Å². The van der Waals surface area contributed by atoms with Gasteiger partial charge in [-0.1, -0.05) is 15.9 Å². The molecule has 0 aliphatic carbocycles. The van der Waals surface area contributed by atoms with Crippen molar-refractivity contribution in [1.82, 2.24) is 15.1 Å². The van der Waals surface area contributed by atoms with Gasteiger partial charge in [0.1, 0.15) is 6.04 Å². The molecule has 1 aromatic carbocycles. The van der Waals surface area contributed by atoms with Crippen LogP contribution >= 0.6 is 15.9 Å². The Hall–Kier alpha value is -1.40. The van der Waals surface area contributed by atoms with E-state index in [0.717, 1.165) is 43.2 Å². The Morgan fingerprint density at radius 3 is 2.35 bits per heavy atom. The fraction of sp³-hybridized carbons (Fsp3) is 0.600. The van der Waals surface area contributed by atoms with E-state index in [0.29, 0.717) is 18.2 Å². The lowest BCUT2D eigenvalue weighted by atomic mass is 10.0. The fourth-order valence-electron chi connectivity index (χ4n) is 3.90. The fourth-order valence-corrected chi connectivity index (χ4v) is 4.16. The number of piperidine rings is 1.